The molecule has 0 aromatic carbocycles. The highest BCUT2D eigenvalue weighted by atomic mass is 31.2. The van der Waals surface area contributed by atoms with Crippen LogP contribution in [0.4, 0.5) is 0 Å². The Kier molecular flexibility index (Phi) is 57.1. The first-order valence-electron chi connectivity index (χ1n) is 34.5. The number of unbranched alkanes of at least 4 members (excludes halogenated alkanes) is 35. The molecule has 504 valence electrons. The molecule has 0 aromatic rings. The first-order valence-corrected chi connectivity index (χ1v) is 37.5. The number of rotatable bonds is 65. The normalized spacial score (nSPS) is 14.2. The Hall–Kier alpha value is -1.94. The van der Waals surface area contributed by atoms with Crippen molar-refractivity contribution < 1.29 is 80.2 Å². The monoisotopic (exact) mass is 1250 g/mol. The minimum absolute atomic E-state index is 0.104. The number of carbonyl (C=O) groups is 4. The minimum atomic E-state index is -4.95. The molecule has 0 bridgehead atoms. The molecule has 5 atom stereocenters. The van der Waals surface area contributed by atoms with Crippen molar-refractivity contribution in [2.45, 2.75) is 349 Å². The van der Waals surface area contributed by atoms with Crippen LogP contribution in [0.3, 0.4) is 0 Å². The Labute approximate surface area is 517 Å². The molecule has 0 aromatic heterocycles. The lowest BCUT2D eigenvalue weighted by Gasteiger charge is -2.21. The molecule has 19 heteroatoms. The zero-order valence-corrected chi connectivity index (χ0v) is 56.7. The highest BCUT2D eigenvalue weighted by Crippen LogP contribution is 2.45. The lowest BCUT2D eigenvalue weighted by Crippen LogP contribution is -2.30. The predicted molar refractivity (Wildman–Crippen MR) is 340 cm³/mol. The van der Waals surface area contributed by atoms with Gasteiger partial charge in [0.05, 0.1) is 26.4 Å². The Morgan fingerprint density at radius 2 is 0.541 bits per heavy atom. The largest absolute Gasteiger partial charge is 0.472 e. The van der Waals surface area contributed by atoms with Gasteiger partial charge in [0, 0.05) is 25.7 Å². The third kappa shape index (κ3) is 60.7. The molecule has 0 saturated carbocycles. The zero-order chi connectivity index (χ0) is 62.9. The summed E-state index contributed by atoms with van der Waals surface area (Å²) in [7, 11) is -9.88. The van der Waals surface area contributed by atoms with Crippen LogP contribution >= 0.6 is 15.6 Å². The van der Waals surface area contributed by atoms with Gasteiger partial charge in [-0.3, -0.25) is 37.3 Å². The van der Waals surface area contributed by atoms with Gasteiger partial charge in [0.25, 0.3) is 0 Å². The van der Waals surface area contributed by atoms with Crippen LogP contribution in [-0.4, -0.2) is 96.7 Å². The van der Waals surface area contributed by atoms with Gasteiger partial charge in [-0.05, 0) is 37.5 Å². The average Bonchev–Trinajstić information content (AvgIpc) is 3.52. The van der Waals surface area contributed by atoms with Crippen molar-refractivity contribution in [1.82, 2.24) is 0 Å². The van der Waals surface area contributed by atoms with Gasteiger partial charge < -0.3 is 33.8 Å². The highest BCUT2D eigenvalue weighted by molar-refractivity contribution is 7.47. The molecule has 0 aliphatic rings. The van der Waals surface area contributed by atoms with Crippen molar-refractivity contribution in [2.24, 2.45) is 11.8 Å². The van der Waals surface area contributed by atoms with E-state index >= 15 is 0 Å². The first kappa shape index (κ1) is 83.1. The van der Waals surface area contributed by atoms with Crippen LogP contribution in [0.25, 0.3) is 0 Å². The van der Waals surface area contributed by atoms with E-state index in [2.05, 4.69) is 41.5 Å². The standard InChI is InChI=1S/C66H128O17P2/c1-7-9-11-13-14-15-16-17-18-21-26-31-37-43-49-64(69)77-55-62(83-65(70)50-44-38-32-27-22-19-20-24-29-35-40-46-58(3)4)57-81-85(74,75)79-53-60(67)52-78-84(72,73)80-56-61(54-76-63(68)48-42-34-12-10-8-2)82-66(71)51-45-39-33-28-23-25-30-36-41-47-59(5)6/h58-62,67H,7-57H2,1-6H3,(H,72,73)(H,74,75)/t60-,61+,62+/m0/s1. The summed E-state index contributed by atoms with van der Waals surface area (Å²) >= 11 is 0. The predicted octanol–water partition coefficient (Wildman–Crippen LogP) is 18.4. The summed E-state index contributed by atoms with van der Waals surface area (Å²) in [6.07, 6.45) is 42.0. The Morgan fingerprint density at radius 3 is 0.800 bits per heavy atom. The van der Waals surface area contributed by atoms with E-state index in [1.54, 1.807) is 0 Å². The quantitative estimate of drug-likeness (QED) is 0.0222. The van der Waals surface area contributed by atoms with Crippen LogP contribution in [0.5, 0.6) is 0 Å². The van der Waals surface area contributed by atoms with Crippen molar-refractivity contribution in [3.63, 3.8) is 0 Å². The molecule has 0 heterocycles. The fourth-order valence-electron chi connectivity index (χ4n) is 9.88. The summed E-state index contributed by atoms with van der Waals surface area (Å²) in [5.74, 6) is -0.638. The number of aliphatic hydroxyl groups excluding tert-OH is 1. The number of phosphoric ester groups is 2. The molecule has 17 nitrogen and oxygen atoms in total. The van der Waals surface area contributed by atoms with Gasteiger partial charge in [0.2, 0.25) is 0 Å². The molecule has 0 spiro atoms. The molecule has 0 amide bonds. The van der Waals surface area contributed by atoms with Crippen LogP contribution in [0.1, 0.15) is 330 Å². The smallest absolute Gasteiger partial charge is 0.462 e. The summed E-state index contributed by atoms with van der Waals surface area (Å²) in [6, 6.07) is 0. The number of carbonyl (C=O) groups excluding carboxylic acids is 4. The lowest BCUT2D eigenvalue weighted by atomic mass is 10.0. The number of phosphoric acid groups is 2. The SMILES string of the molecule is CCCCCCCCCCCCCCCCC(=O)OC[C@H](COP(=O)(O)OC[C@@H](O)COP(=O)(O)OC[C@@H](COC(=O)CCCCCCC)OC(=O)CCCCCCCCCCCC(C)C)OC(=O)CCCCCCCCCCCCCC(C)C. The van der Waals surface area contributed by atoms with E-state index in [-0.39, 0.29) is 25.7 Å². The Balaban J connectivity index is 5.18. The van der Waals surface area contributed by atoms with Gasteiger partial charge >= 0.3 is 39.5 Å². The maximum Gasteiger partial charge on any atom is 0.472 e. The van der Waals surface area contributed by atoms with E-state index in [0.29, 0.717) is 25.7 Å². The third-order valence-corrected chi connectivity index (χ3v) is 17.1. The summed E-state index contributed by atoms with van der Waals surface area (Å²) in [6.45, 7) is 9.41. The fourth-order valence-corrected chi connectivity index (χ4v) is 11.5. The van der Waals surface area contributed by atoms with Crippen LogP contribution in [0.2, 0.25) is 0 Å². The summed E-state index contributed by atoms with van der Waals surface area (Å²) in [5, 5.41) is 10.5. The number of hydrogen-bond acceptors (Lipinski definition) is 15. The van der Waals surface area contributed by atoms with Gasteiger partial charge in [-0.1, -0.05) is 279 Å². The summed E-state index contributed by atoms with van der Waals surface area (Å²) in [4.78, 5) is 72.1. The Bertz CT molecular complexity index is 1670. The van der Waals surface area contributed by atoms with Gasteiger partial charge in [0.1, 0.15) is 19.3 Å². The molecule has 0 saturated heterocycles. The van der Waals surface area contributed by atoms with Gasteiger partial charge in [0.15, 0.2) is 12.2 Å². The second kappa shape index (κ2) is 58.4. The van der Waals surface area contributed by atoms with Crippen LogP contribution in [0.15, 0.2) is 0 Å². The maximum absolute atomic E-state index is 13.0. The van der Waals surface area contributed by atoms with Crippen LogP contribution < -0.4 is 0 Å². The molecule has 0 aliphatic carbocycles. The number of ether oxygens (including phenoxy) is 4. The van der Waals surface area contributed by atoms with Gasteiger partial charge in [-0.2, -0.15) is 0 Å². The number of aliphatic hydroxyl groups is 1. The second-order valence-corrected chi connectivity index (χ2v) is 27.7. The van der Waals surface area contributed by atoms with E-state index < -0.39 is 97.5 Å². The molecule has 85 heavy (non-hydrogen) atoms. The molecular formula is C66H128O17P2. The highest BCUT2D eigenvalue weighted by Gasteiger charge is 2.30. The van der Waals surface area contributed by atoms with Crippen molar-refractivity contribution in [3.05, 3.63) is 0 Å². The van der Waals surface area contributed by atoms with Gasteiger partial charge in [-0.15, -0.1) is 0 Å². The first-order chi connectivity index (χ1) is 40.9. The van der Waals surface area contributed by atoms with Crippen LogP contribution in [-0.2, 0) is 65.4 Å². The molecule has 3 N–H and O–H groups in total. The van der Waals surface area contributed by atoms with Crippen molar-refractivity contribution in [3.8, 4) is 0 Å². The van der Waals surface area contributed by atoms with E-state index in [9.17, 15) is 43.2 Å². The van der Waals surface area contributed by atoms with Crippen molar-refractivity contribution in [2.75, 3.05) is 39.6 Å². The third-order valence-electron chi connectivity index (χ3n) is 15.2. The van der Waals surface area contributed by atoms with Crippen LogP contribution in [0, 0.1) is 11.8 Å². The molecule has 0 fully saturated rings. The molecular weight excluding hydrogens is 1130 g/mol. The van der Waals surface area contributed by atoms with Crippen molar-refractivity contribution in [1.29, 1.82) is 0 Å². The fraction of sp³-hybridized carbons (Fsp3) is 0.939. The second-order valence-electron chi connectivity index (χ2n) is 24.8. The van der Waals surface area contributed by atoms with E-state index in [1.807, 2.05) is 0 Å². The summed E-state index contributed by atoms with van der Waals surface area (Å²) < 4.78 is 67.9. The van der Waals surface area contributed by atoms with E-state index in [1.165, 1.54) is 141 Å². The zero-order valence-electron chi connectivity index (χ0n) is 54.9. The molecule has 0 rings (SSSR count). The molecule has 0 aliphatic heterocycles. The van der Waals surface area contributed by atoms with E-state index in [4.69, 9.17) is 37.0 Å². The molecule has 2 unspecified atom stereocenters. The minimum Gasteiger partial charge on any atom is -0.462 e. The Morgan fingerprint density at radius 1 is 0.318 bits per heavy atom. The lowest BCUT2D eigenvalue weighted by molar-refractivity contribution is -0.161. The van der Waals surface area contributed by atoms with Gasteiger partial charge in [-0.25, -0.2) is 9.13 Å². The van der Waals surface area contributed by atoms with E-state index in [0.717, 1.165) is 108 Å². The van der Waals surface area contributed by atoms with Crippen molar-refractivity contribution >= 4 is 39.5 Å². The average molecular weight is 1260 g/mol. The maximum atomic E-state index is 13.0. The number of hydrogen-bond donors (Lipinski definition) is 3. The summed E-state index contributed by atoms with van der Waals surface area (Å²) in [5.41, 5.74) is 0. The number of esters is 4. The topological polar surface area (TPSA) is 237 Å². The molecule has 0 radical (unpaired) electrons.